The molecule has 0 amide bonds. The highest BCUT2D eigenvalue weighted by Gasteiger charge is 2.17. The first-order chi connectivity index (χ1) is 9.99. The summed E-state index contributed by atoms with van der Waals surface area (Å²) in [6.07, 6.45) is 0. The van der Waals surface area contributed by atoms with Crippen molar-refractivity contribution in [3.05, 3.63) is 28.2 Å². The van der Waals surface area contributed by atoms with Crippen molar-refractivity contribution >= 4 is 27.9 Å². The first-order valence-corrected chi connectivity index (χ1v) is 6.97. The number of carbonyl (C=O) groups is 2. The zero-order valence-corrected chi connectivity index (χ0v) is 13.8. The van der Waals surface area contributed by atoms with Gasteiger partial charge in [0, 0.05) is 11.0 Å². The fraction of sp³-hybridized carbons (Fsp3) is 0.429. The van der Waals surface area contributed by atoms with Gasteiger partial charge in [0.25, 0.3) is 0 Å². The maximum absolute atomic E-state index is 11.4. The van der Waals surface area contributed by atoms with E-state index < -0.39 is 11.9 Å². The Hall–Kier alpha value is -1.60. The summed E-state index contributed by atoms with van der Waals surface area (Å²) in [5, 5.41) is 0. The van der Waals surface area contributed by atoms with Gasteiger partial charge in [0.15, 0.2) is 0 Å². The summed E-state index contributed by atoms with van der Waals surface area (Å²) >= 11 is 3.44. The molecule has 0 unspecified atom stereocenters. The second-order valence-corrected chi connectivity index (χ2v) is 5.11. The molecule has 0 saturated heterocycles. The van der Waals surface area contributed by atoms with E-state index in [9.17, 15) is 9.59 Å². The van der Waals surface area contributed by atoms with Crippen molar-refractivity contribution in [2.24, 2.45) is 0 Å². The maximum Gasteiger partial charge on any atom is 0.319 e. The van der Waals surface area contributed by atoms with Crippen molar-refractivity contribution in [2.75, 3.05) is 34.4 Å². The van der Waals surface area contributed by atoms with Crippen LogP contribution in [0.3, 0.4) is 0 Å². The lowest BCUT2D eigenvalue weighted by molar-refractivity contribution is -0.145. The highest BCUT2D eigenvalue weighted by Crippen LogP contribution is 2.23. The normalized spacial score (nSPS) is 10.3. The number of halogens is 1. The van der Waals surface area contributed by atoms with E-state index in [1.54, 1.807) is 12.0 Å². The molecule has 0 aromatic heterocycles. The average Bonchev–Trinajstić information content (AvgIpc) is 2.48. The first kappa shape index (κ1) is 17.5. The Morgan fingerprint density at radius 2 is 1.67 bits per heavy atom. The fourth-order valence-electron chi connectivity index (χ4n) is 1.70. The Kier molecular flexibility index (Phi) is 7.18. The molecule has 116 valence electrons. The van der Waals surface area contributed by atoms with Crippen molar-refractivity contribution < 1.29 is 23.8 Å². The highest BCUT2D eigenvalue weighted by atomic mass is 79.9. The number of esters is 2. The Balaban J connectivity index is 2.88. The van der Waals surface area contributed by atoms with Gasteiger partial charge in [-0.15, -0.1) is 0 Å². The third-order valence-electron chi connectivity index (χ3n) is 2.81. The molecule has 1 aromatic rings. The number of hydrogen-bond donors (Lipinski definition) is 0. The SMILES string of the molecule is COC(=O)CN(CC(=O)OC)Cc1cc(OC)ccc1Br. The Morgan fingerprint density at radius 3 is 2.14 bits per heavy atom. The molecule has 0 spiro atoms. The molecule has 0 heterocycles. The molecule has 0 fully saturated rings. The molecule has 0 bridgehead atoms. The largest absolute Gasteiger partial charge is 0.497 e. The van der Waals surface area contributed by atoms with Crippen LogP contribution in [-0.4, -0.2) is 51.3 Å². The fourth-order valence-corrected chi connectivity index (χ4v) is 2.07. The van der Waals surface area contributed by atoms with Gasteiger partial charge in [0.2, 0.25) is 0 Å². The van der Waals surface area contributed by atoms with Crippen LogP contribution >= 0.6 is 15.9 Å². The van der Waals surface area contributed by atoms with Gasteiger partial charge in [-0.05, 0) is 23.8 Å². The Labute approximate surface area is 132 Å². The Morgan fingerprint density at radius 1 is 1.10 bits per heavy atom. The third-order valence-corrected chi connectivity index (χ3v) is 3.58. The summed E-state index contributed by atoms with van der Waals surface area (Å²) in [7, 11) is 4.19. The zero-order chi connectivity index (χ0) is 15.8. The van der Waals surface area contributed by atoms with Gasteiger partial charge in [0.1, 0.15) is 5.75 Å². The molecule has 7 heteroatoms. The molecule has 0 radical (unpaired) electrons. The number of benzene rings is 1. The second-order valence-electron chi connectivity index (χ2n) is 4.25. The van der Waals surface area contributed by atoms with Crippen molar-refractivity contribution in [3.63, 3.8) is 0 Å². The predicted octanol–water partition coefficient (Wildman–Crippen LogP) is 1.61. The molecule has 1 rings (SSSR count). The summed E-state index contributed by atoms with van der Waals surface area (Å²) in [6, 6.07) is 5.51. The van der Waals surface area contributed by atoms with Gasteiger partial charge in [0.05, 0.1) is 34.4 Å². The quantitative estimate of drug-likeness (QED) is 0.689. The van der Waals surface area contributed by atoms with E-state index in [1.165, 1.54) is 14.2 Å². The Bertz CT molecular complexity index is 488. The first-order valence-electron chi connectivity index (χ1n) is 6.18. The van der Waals surface area contributed by atoms with Crippen LogP contribution in [0.15, 0.2) is 22.7 Å². The van der Waals surface area contributed by atoms with Gasteiger partial charge in [-0.3, -0.25) is 14.5 Å². The van der Waals surface area contributed by atoms with Crippen LogP contribution in [-0.2, 0) is 25.6 Å². The number of nitrogens with zero attached hydrogens (tertiary/aromatic N) is 1. The number of rotatable bonds is 7. The minimum absolute atomic E-state index is 0.00471. The summed E-state index contributed by atoms with van der Waals surface area (Å²) in [5.74, 6) is -0.139. The molecule has 0 aliphatic heterocycles. The molecule has 1 aromatic carbocycles. The van der Waals surface area contributed by atoms with Crippen LogP contribution in [0.4, 0.5) is 0 Å². The molecule has 0 aliphatic carbocycles. The monoisotopic (exact) mass is 359 g/mol. The molecule has 0 atom stereocenters. The van der Waals surface area contributed by atoms with E-state index in [0.29, 0.717) is 12.3 Å². The summed E-state index contributed by atoms with van der Waals surface area (Å²) in [6.45, 7) is 0.368. The lowest BCUT2D eigenvalue weighted by Gasteiger charge is -2.20. The number of carbonyl (C=O) groups excluding carboxylic acids is 2. The van der Waals surface area contributed by atoms with E-state index >= 15 is 0 Å². The molecule has 21 heavy (non-hydrogen) atoms. The van der Waals surface area contributed by atoms with Crippen molar-refractivity contribution in [2.45, 2.75) is 6.54 Å². The summed E-state index contributed by atoms with van der Waals surface area (Å²) in [4.78, 5) is 24.5. The van der Waals surface area contributed by atoms with Crippen LogP contribution in [0.2, 0.25) is 0 Å². The average molecular weight is 360 g/mol. The van der Waals surface area contributed by atoms with Crippen LogP contribution in [0.5, 0.6) is 5.75 Å². The molecule has 0 aliphatic rings. The van der Waals surface area contributed by atoms with Crippen LogP contribution in [0.25, 0.3) is 0 Å². The van der Waals surface area contributed by atoms with Crippen LogP contribution in [0, 0.1) is 0 Å². The number of methoxy groups -OCH3 is 3. The lowest BCUT2D eigenvalue weighted by atomic mass is 10.2. The molecular weight excluding hydrogens is 342 g/mol. The molecular formula is C14H18BrNO5. The zero-order valence-electron chi connectivity index (χ0n) is 12.2. The smallest absolute Gasteiger partial charge is 0.319 e. The minimum Gasteiger partial charge on any atom is -0.497 e. The number of hydrogen-bond acceptors (Lipinski definition) is 6. The van der Waals surface area contributed by atoms with Crippen molar-refractivity contribution in [1.29, 1.82) is 0 Å². The lowest BCUT2D eigenvalue weighted by Crippen LogP contribution is -2.35. The maximum atomic E-state index is 11.4. The second kappa shape index (κ2) is 8.63. The van der Waals surface area contributed by atoms with Crippen molar-refractivity contribution in [3.8, 4) is 5.75 Å². The van der Waals surface area contributed by atoms with E-state index in [1.807, 2.05) is 18.2 Å². The van der Waals surface area contributed by atoms with Gasteiger partial charge in [-0.25, -0.2) is 0 Å². The third kappa shape index (κ3) is 5.73. The minimum atomic E-state index is -0.419. The van der Waals surface area contributed by atoms with E-state index in [4.69, 9.17) is 4.74 Å². The van der Waals surface area contributed by atoms with Crippen LogP contribution in [0.1, 0.15) is 5.56 Å². The summed E-state index contributed by atoms with van der Waals surface area (Å²) in [5.41, 5.74) is 0.891. The summed E-state index contributed by atoms with van der Waals surface area (Å²) < 4.78 is 15.3. The highest BCUT2D eigenvalue weighted by molar-refractivity contribution is 9.10. The van der Waals surface area contributed by atoms with Gasteiger partial charge in [-0.2, -0.15) is 0 Å². The standard InChI is InChI=1S/C14H18BrNO5/c1-19-11-4-5-12(15)10(6-11)7-16(8-13(17)20-2)9-14(18)21-3/h4-6H,7-9H2,1-3H3. The van der Waals surface area contributed by atoms with E-state index in [2.05, 4.69) is 25.4 Å². The van der Waals surface area contributed by atoms with E-state index in [0.717, 1.165) is 10.0 Å². The molecule has 0 saturated carbocycles. The van der Waals surface area contributed by atoms with Gasteiger partial charge < -0.3 is 14.2 Å². The van der Waals surface area contributed by atoms with Gasteiger partial charge in [-0.1, -0.05) is 15.9 Å². The number of ether oxygens (including phenoxy) is 3. The predicted molar refractivity (Wildman–Crippen MR) is 80.0 cm³/mol. The van der Waals surface area contributed by atoms with E-state index in [-0.39, 0.29) is 13.1 Å². The molecule has 0 N–H and O–H groups in total. The topological polar surface area (TPSA) is 65.1 Å². The van der Waals surface area contributed by atoms with Crippen molar-refractivity contribution in [1.82, 2.24) is 4.90 Å². The van der Waals surface area contributed by atoms with Gasteiger partial charge >= 0.3 is 11.9 Å². The van der Waals surface area contributed by atoms with Crippen LogP contribution < -0.4 is 4.74 Å². The molecule has 6 nitrogen and oxygen atoms in total.